The minimum atomic E-state index is 0.789. The van der Waals surface area contributed by atoms with Gasteiger partial charge in [-0.25, -0.2) is 0 Å². The molecule has 1 heterocycles. The first-order chi connectivity index (χ1) is 10.8. The minimum Gasteiger partial charge on any atom is -0.492 e. The number of nitrogens with zero attached hydrogens (tertiary/aromatic N) is 1. The normalized spacial score (nSPS) is 15.1. The number of benzene rings is 2. The first-order valence-electron chi connectivity index (χ1n) is 8.29. The van der Waals surface area contributed by atoms with Crippen LogP contribution in [-0.4, -0.2) is 31.1 Å². The van der Waals surface area contributed by atoms with Crippen LogP contribution >= 0.6 is 0 Å². The SMILES string of the molecule is Cc1ccc(Cc2ccc(OCCN3CCCC3)cc2)cc1. The molecule has 0 spiro atoms. The second kappa shape index (κ2) is 7.46. The molecule has 1 saturated heterocycles. The molecule has 2 aromatic rings. The van der Waals surface area contributed by atoms with Crippen molar-refractivity contribution in [3.63, 3.8) is 0 Å². The van der Waals surface area contributed by atoms with Crippen LogP contribution in [-0.2, 0) is 6.42 Å². The Morgan fingerprint density at radius 1 is 0.864 bits per heavy atom. The van der Waals surface area contributed by atoms with Crippen LogP contribution in [0, 0.1) is 6.92 Å². The van der Waals surface area contributed by atoms with Gasteiger partial charge in [0.2, 0.25) is 0 Å². The highest BCUT2D eigenvalue weighted by Crippen LogP contribution is 2.16. The van der Waals surface area contributed by atoms with E-state index in [2.05, 4.69) is 60.4 Å². The molecule has 0 saturated carbocycles. The third-order valence-corrected chi connectivity index (χ3v) is 4.33. The molecule has 2 heteroatoms. The van der Waals surface area contributed by atoms with E-state index in [1.165, 1.54) is 42.6 Å². The van der Waals surface area contributed by atoms with Crippen molar-refractivity contribution in [2.24, 2.45) is 0 Å². The summed E-state index contributed by atoms with van der Waals surface area (Å²) in [7, 11) is 0. The molecule has 22 heavy (non-hydrogen) atoms. The second-order valence-electron chi connectivity index (χ2n) is 6.20. The van der Waals surface area contributed by atoms with E-state index >= 15 is 0 Å². The maximum Gasteiger partial charge on any atom is 0.119 e. The Balaban J connectivity index is 1.48. The Morgan fingerprint density at radius 3 is 2.09 bits per heavy atom. The second-order valence-corrected chi connectivity index (χ2v) is 6.20. The van der Waals surface area contributed by atoms with Crippen LogP contribution in [0.2, 0.25) is 0 Å². The predicted octanol–water partition coefficient (Wildman–Crippen LogP) is 4.06. The highest BCUT2D eigenvalue weighted by Gasteiger charge is 2.10. The first kappa shape index (κ1) is 15.1. The summed E-state index contributed by atoms with van der Waals surface area (Å²) in [6, 6.07) is 17.3. The van der Waals surface area contributed by atoms with Gasteiger partial charge in [-0.15, -0.1) is 0 Å². The van der Waals surface area contributed by atoms with Crippen LogP contribution in [0.5, 0.6) is 5.75 Å². The number of rotatable bonds is 6. The summed E-state index contributed by atoms with van der Waals surface area (Å²) in [5.74, 6) is 0.979. The van der Waals surface area contributed by atoms with Gasteiger partial charge in [0, 0.05) is 6.54 Å². The van der Waals surface area contributed by atoms with Gasteiger partial charge in [0.25, 0.3) is 0 Å². The third kappa shape index (κ3) is 4.35. The Hall–Kier alpha value is -1.80. The molecule has 116 valence electrons. The zero-order chi connectivity index (χ0) is 15.2. The Bertz CT molecular complexity index is 568. The van der Waals surface area contributed by atoms with E-state index in [4.69, 9.17) is 4.74 Å². The summed E-state index contributed by atoms with van der Waals surface area (Å²) in [4.78, 5) is 2.48. The molecule has 0 amide bonds. The molecule has 2 aromatic carbocycles. The summed E-state index contributed by atoms with van der Waals surface area (Å²) in [6.07, 6.45) is 3.66. The van der Waals surface area contributed by atoms with E-state index in [9.17, 15) is 0 Å². The van der Waals surface area contributed by atoms with Crippen molar-refractivity contribution in [1.29, 1.82) is 0 Å². The molecule has 0 aromatic heterocycles. The number of hydrogen-bond donors (Lipinski definition) is 0. The number of aryl methyl sites for hydroxylation is 1. The Labute approximate surface area is 133 Å². The van der Waals surface area contributed by atoms with Gasteiger partial charge < -0.3 is 4.74 Å². The van der Waals surface area contributed by atoms with Gasteiger partial charge in [-0.3, -0.25) is 4.90 Å². The lowest BCUT2D eigenvalue weighted by atomic mass is 10.0. The van der Waals surface area contributed by atoms with Gasteiger partial charge >= 0.3 is 0 Å². The zero-order valence-electron chi connectivity index (χ0n) is 13.4. The fourth-order valence-electron chi connectivity index (χ4n) is 2.94. The first-order valence-corrected chi connectivity index (χ1v) is 8.29. The standard InChI is InChI=1S/C20H25NO/c1-17-4-6-18(7-5-17)16-19-8-10-20(11-9-19)22-15-14-21-12-2-3-13-21/h4-11H,2-3,12-16H2,1H3. The molecule has 0 bridgehead atoms. The molecule has 0 radical (unpaired) electrons. The van der Waals surface area contributed by atoms with Crippen LogP contribution in [0.15, 0.2) is 48.5 Å². The smallest absolute Gasteiger partial charge is 0.119 e. The molecule has 0 aliphatic carbocycles. The lowest BCUT2D eigenvalue weighted by molar-refractivity contribution is 0.238. The molecule has 2 nitrogen and oxygen atoms in total. The van der Waals surface area contributed by atoms with Gasteiger partial charge in [0.15, 0.2) is 0 Å². The van der Waals surface area contributed by atoms with E-state index in [-0.39, 0.29) is 0 Å². The predicted molar refractivity (Wildman–Crippen MR) is 91.6 cm³/mol. The molecule has 1 aliphatic rings. The maximum atomic E-state index is 5.85. The lowest BCUT2D eigenvalue weighted by Gasteiger charge is -2.15. The van der Waals surface area contributed by atoms with Crippen LogP contribution in [0.25, 0.3) is 0 Å². The Kier molecular flexibility index (Phi) is 5.12. The van der Waals surface area contributed by atoms with Gasteiger partial charge in [0.1, 0.15) is 12.4 Å². The summed E-state index contributed by atoms with van der Waals surface area (Å²) in [5.41, 5.74) is 3.99. The summed E-state index contributed by atoms with van der Waals surface area (Å²) in [6.45, 7) is 6.43. The van der Waals surface area contributed by atoms with Crippen LogP contribution in [0.1, 0.15) is 29.5 Å². The highest BCUT2D eigenvalue weighted by atomic mass is 16.5. The molecule has 0 unspecified atom stereocenters. The van der Waals surface area contributed by atoms with E-state index in [0.717, 1.165) is 25.3 Å². The van der Waals surface area contributed by atoms with Gasteiger partial charge in [-0.05, 0) is 62.5 Å². The van der Waals surface area contributed by atoms with E-state index in [0.29, 0.717) is 0 Å². The largest absolute Gasteiger partial charge is 0.492 e. The zero-order valence-corrected chi connectivity index (χ0v) is 13.4. The van der Waals surface area contributed by atoms with E-state index < -0.39 is 0 Å². The van der Waals surface area contributed by atoms with E-state index in [1.54, 1.807) is 0 Å². The molecule has 1 aliphatic heterocycles. The molecule has 0 N–H and O–H groups in total. The molecular weight excluding hydrogens is 270 g/mol. The van der Waals surface area contributed by atoms with Crippen LogP contribution < -0.4 is 4.74 Å². The maximum absolute atomic E-state index is 5.85. The van der Waals surface area contributed by atoms with Gasteiger partial charge in [-0.1, -0.05) is 42.0 Å². The third-order valence-electron chi connectivity index (χ3n) is 4.33. The molecule has 3 rings (SSSR count). The van der Waals surface area contributed by atoms with Crippen molar-refractivity contribution in [2.75, 3.05) is 26.2 Å². The van der Waals surface area contributed by atoms with Crippen molar-refractivity contribution in [2.45, 2.75) is 26.2 Å². The topological polar surface area (TPSA) is 12.5 Å². The fraction of sp³-hybridized carbons (Fsp3) is 0.400. The quantitative estimate of drug-likeness (QED) is 0.797. The lowest BCUT2D eigenvalue weighted by Crippen LogP contribution is -2.25. The molecule has 1 fully saturated rings. The highest BCUT2D eigenvalue weighted by molar-refractivity contribution is 5.32. The summed E-state index contributed by atoms with van der Waals surface area (Å²) in [5, 5.41) is 0. The summed E-state index contributed by atoms with van der Waals surface area (Å²) >= 11 is 0. The average Bonchev–Trinajstić information content (AvgIpc) is 3.05. The van der Waals surface area contributed by atoms with Crippen molar-refractivity contribution >= 4 is 0 Å². The van der Waals surface area contributed by atoms with E-state index in [1.807, 2.05) is 0 Å². The average molecular weight is 295 g/mol. The summed E-state index contributed by atoms with van der Waals surface area (Å²) < 4.78 is 5.85. The number of likely N-dealkylation sites (tertiary alicyclic amines) is 1. The van der Waals surface area contributed by atoms with Gasteiger partial charge in [0.05, 0.1) is 0 Å². The van der Waals surface area contributed by atoms with Crippen molar-refractivity contribution in [3.05, 3.63) is 65.2 Å². The Morgan fingerprint density at radius 2 is 1.45 bits per heavy atom. The fourth-order valence-corrected chi connectivity index (χ4v) is 2.94. The molecular formula is C20H25NO. The number of ether oxygens (including phenoxy) is 1. The monoisotopic (exact) mass is 295 g/mol. The molecule has 0 atom stereocenters. The van der Waals surface area contributed by atoms with Crippen LogP contribution in [0.4, 0.5) is 0 Å². The van der Waals surface area contributed by atoms with Crippen molar-refractivity contribution < 1.29 is 4.74 Å². The van der Waals surface area contributed by atoms with Crippen LogP contribution in [0.3, 0.4) is 0 Å². The van der Waals surface area contributed by atoms with Gasteiger partial charge in [-0.2, -0.15) is 0 Å². The van der Waals surface area contributed by atoms with Crippen molar-refractivity contribution in [1.82, 2.24) is 4.90 Å². The van der Waals surface area contributed by atoms with Crippen molar-refractivity contribution in [3.8, 4) is 5.75 Å². The number of hydrogen-bond acceptors (Lipinski definition) is 2. The minimum absolute atomic E-state index is 0.789.